The highest BCUT2D eigenvalue weighted by Crippen LogP contribution is 2.11. The summed E-state index contributed by atoms with van der Waals surface area (Å²) in [6.45, 7) is 5.42. The number of rotatable bonds is 3. The summed E-state index contributed by atoms with van der Waals surface area (Å²) in [4.78, 5) is 0. The lowest BCUT2D eigenvalue weighted by Gasteiger charge is -2.25. The van der Waals surface area contributed by atoms with Crippen molar-refractivity contribution in [2.75, 3.05) is 32.8 Å². The van der Waals surface area contributed by atoms with Crippen LogP contribution in [-0.2, 0) is 4.74 Å². The molecule has 0 aromatic heterocycles. The summed E-state index contributed by atoms with van der Waals surface area (Å²) in [7, 11) is 0. The van der Waals surface area contributed by atoms with Crippen molar-refractivity contribution in [3.05, 3.63) is 0 Å². The van der Waals surface area contributed by atoms with Crippen molar-refractivity contribution in [1.82, 2.24) is 10.6 Å². The van der Waals surface area contributed by atoms with Gasteiger partial charge < -0.3 is 15.4 Å². The van der Waals surface area contributed by atoms with Gasteiger partial charge in [0.25, 0.3) is 0 Å². The van der Waals surface area contributed by atoms with Crippen LogP contribution in [0.15, 0.2) is 0 Å². The lowest BCUT2D eigenvalue weighted by Crippen LogP contribution is -2.44. The fraction of sp³-hybridized carbons (Fsp3) is 1.00. The third kappa shape index (κ3) is 2.93. The Labute approximate surface area is 80.2 Å². The van der Waals surface area contributed by atoms with Crippen LogP contribution in [0.4, 0.5) is 0 Å². The van der Waals surface area contributed by atoms with Gasteiger partial charge in [-0.25, -0.2) is 0 Å². The zero-order valence-electron chi connectivity index (χ0n) is 8.22. The number of ether oxygens (including phenoxy) is 1. The van der Waals surface area contributed by atoms with Crippen LogP contribution in [0.1, 0.15) is 19.3 Å². The molecule has 3 heteroatoms. The molecule has 2 aliphatic rings. The average Bonchev–Trinajstić information content (AvgIpc) is 2.69. The Kier molecular flexibility index (Phi) is 3.58. The Bertz CT molecular complexity index is 140. The topological polar surface area (TPSA) is 33.3 Å². The highest BCUT2D eigenvalue weighted by atomic mass is 16.5. The molecule has 2 rings (SSSR count). The standard InChI is InChI=1S/C10H20N2O/c1-2-10(7-11-4-1)12-6-9-3-5-13-8-9/h9-12H,1-8H2. The van der Waals surface area contributed by atoms with Crippen molar-refractivity contribution in [1.29, 1.82) is 0 Å². The molecule has 0 radical (unpaired) electrons. The number of hydrogen-bond acceptors (Lipinski definition) is 3. The lowest BCUT2D eigenvalue weighted by molar-refractivity contribution is 0.184. The van der Waals surface area contributed by atoms with E-state index in [9.17, 15) is 0 Å². The molecule has 76 valence electrons. The van der Waals surface area contributed by atoms with Crippen molar-refractivity contribution in [2.45, 2.75) is 25.3 Å². The Morgan fingerprint density at radius 3 is 3.08 bits per heavy atom. The molecular formula is C10H20N2O. The second-order valence-corrected chi connectivity index (χ2v) is 4.18. The molecule has 0 bridgehead atoms. The molecule has 0 aromatic rings. The molecule has 2 saturated heterocycles. The van der Waals surface area contributed by atoms with Gasteiger partial charge in [0.2, 0.25) is 0 Å². The van der Waals surface area contributed by atoms with Crippen molar-refractivity contribution < 1.29 is 4.74 Å². The summed E-state index contributed by atoms with van der Waals surface area (Å²) in [6, 6.07) is 0.703. The van der Waals surface area contributed by atoms with E-state index in [1.807, 2.05) is 0 Å². The van der Waals surface area contributed by atoms with Crippen molar-refractivity contribution in [3.63, 3.8) is 0 Å². The van der Waals surface area contributed by atoms with Crippen LogP contribution < -0.4 is 10.6 Å². The minimum atomic E-state index is 0.703. The molecule has 0 aromatic carbocycles. The zero-order chi connectivity index (χ0) is 8.93. The molecule has 0 spiro atoms. The van der Waals surface area contributed by atoms with Crippen LogP contribution >= 0.6 is 0 Å². The van der Waals surface area contributed by atoms with E-state index >= 15 is 0 Å². The second-order valence-electron chi connectivity index (χ2n) is 4.18. The molecule has 2 N–H and O–H groups in total. The van der Waals surface area contributed by atoms with E-state index in [1.165, 1.54) is 25.8 Å². The van der Waals surface area contributed by atoms with Crippen LogP contribution in [0.25, 0.3) is 0 Å². The fourth-order valence-electron chi connectivity index (χ4n) is 2.10. The highest BCUT2D eigenvalue weighted by Gasteiger charge is 2.18. The maximum absolute atomic E-state index is 5.34. The minimum absolute atomic E-state index is 0.703. The first kappa shape index (κ1) is 9.44. The summed E-state index contributed by atoms with van der Waals surface area (Å²) >= 11 is 0. The third-order valence-corrected chi connectivity index (χ3v) is 3.02. The average molecular weight is 184 g/mol. The Hall–Kier alpha value is -0.120. The largest absolute Gasteiger partial charge is 0.381 e. The minimum Gasteiger partial charge on any atom is -0.381 e. The van der Waals surface area contributed by atoms with Crippen molar-refractivity contribution >= 4 is 0 Å². The molecular weight excluding hydrogens is 164 g/mol. The van der Waals surface area contributed by atoms with Crippen LogP contribution in [0.3, 0.4) is 0 Å². The van der Waals surface area contributed by atoms with Gasteiger partial charge in [-0.3, -0.25) is 0 Å². The first-order chi connectivity index (χ1) is 6.45. The number of hydrogen-bond donors (Lipinski definition) is 2. The molecule has 2 unspecified atom stereocenters. The summed E-state index contributed by atoms with van der Waals surface area (Å²) < 4.78 is 5.34. The van der Waals surface area contributed by atoms with Gasteiger partial charge in [0.1, 0.15) is 0 Å². The summed E-state index contributed by atoms with van der Waals surface area (Å²) in [5.41, 5.74) is 0. The molecule has 2 fully saturated rings. The predicted molar refractivity (Wildman–Crippen MR) is 52.8 cm³/mol. The maximum atomic E-state index is 5.34. The van der Waals surface area contributed by atoms with Gasteiger partial charge in [-0.15, -0.1) is 0 Å². The van der Waals surface area contributed by atoms with Crippen LogP contribution in [0.2, 0.25) is 0 Å². The zero-order valence-corrected chi connectivity index (χ0v) is 8.22. The van der Waals surface area contributed by atoms with Gasteiger partial charge in [0.15, 0.2) is 0 Å². The third-order valence-electron chi connectivity index (χ3n) is 3.02. The molecule has 3 nitrogen and oxygen atoms in total. The summed E-state index contributed by atoms with van der Waals surface area (Å²) in [5.74, 6) is 0.766. The molecule has 2 atom stereocenters. The fourth-order valence-corrected chi connectivity index (χ4v) is 2.10. The van der Waals surface area contributed by atoms with Gasteiger partial charge in [-0.1, -0.05) is 0 Å². The van der Waals surface area contributed by atoms with Crippen LogP contribution in [-0.4, -0.2) is 38.9 Å². The second kappa shape index (κ2) is 4.94. The maximum Gasteiger partial charge on any atom is 0.0507 e. The van der Waals surface area contributed by atoms with Crippen molar-refractivity contribution in [2.24, 2.45) is 5.92 Å². The quantitative estimate of drug-likeness (QED) is 0.664. The predicted octanol–water partition coefficient (Wildman–Crippen LogP) is 0.364. The number of nitrogens with one attached hydrogen (secondary N) is 2. The van der Waals surface area contributed by atoms with E-state index in [0.29, 0.717) is 6.04 Å². The van der Waals surface area contributed by atoms with Crippen LogP contribution in [0, 0.1) is 5.92 Å². The Morgan fingerprint density at radius 2 is 2.38 bits per heavy atom. The first-order valence-corrected chi connectivity index (χ1v) is 5.47. The van der Waals surface area contributed by atoms with Gasteiger partial charge in [-0.05, 0) is 31.7 Å². The molecule has 0 aliphatic carbocycles. The van der Waals surface area contributed by atoms with E-state index in [0.717, 1.165) is 32.2 Å². The van der Waals surface area contributed by atoms with Gasteiger partial charge in [-0.2, -0.15) is 0 Å². The van der Waals surface area contributed by atoms with Crippen LogP contribution in [0.5, 0.6) is 0 Å². The van der Waals surface area contributed by atoms with E-state index in [-0.39, 0.29) is 0 Å². The van der Waals surface area contributed by atoms with Gasteiger partial charge >= 0.3 is 0 Å². The SMILES string of the molecule is C1CNCC(NCC2CCOC2)C1. The van der Waals surface area contributed by atoms with Gasteiger partial charge in [0, 0.05) is 25.7 Å². The van der Waals surface area contributed by atoms with E-state index in [2.05, 4.69) is 10.6 Å². The van der Waals surface area contributed by atoms with Gasteiger partial charge in [0.05, 0.1) is 6.61 Å². The molecule has 13 heavy (non-hydrogen) atoms. The molecule has 2 aliphatic heterocycles. The molecule has 0 amide bonds. The van der Waals surface area contributed by atoms with Crippen molar-refractivity contribution in [3.8, 4) is 0 Å². The Morgan fingerprint density at radius 1 is 1.38 bits per heavy atom. The summed E-state index contributed by atoms with van der Waals surface area (Å²) in [6.07, 6.45) is 3.90. The monoisotopic (exact) mass is 184 g/mol. The highest BCUT2D eigenvalue weighted by molar-refractivity contribution is 4.77. The number of piperidine rings is 1. The molecule has 0 saturated carbocycles. The molecule has 2 heterocycles. The lowest BCUT2D eigenvalue weighted by atomic mass is 10.1. The Balaban J connectivity index is 1.60. The van der Waals surface area contributed by atoms with E-state index in [1.54, 1.807) is 0 Å². The van der Waals surface area contributed by atoms with E-state index < -0.39 is 0 Å². The first-order valence-electron chi connectivity index (χ1n) is 5.47. The smallest absolute Gasteiger partial charge is 0.0507 e. The van der Waals surface area contributed by atoms with E-state index in [4.69, 9.17) is 4.74 Å². The normalized spacial score (nSPS) is 35.1. The summed E-state index contributed by atoms with van der Waals surface area (Å²) in [5, 5.41) is 7.04.